The number of hydrogen-bond donors (Lipinski definition) is 1. The van der Waals surface area contributed by atoms with Gasteiger partial charge < -0.3 is 5.32 Å². The van der Waals surface area contributed by atoms with Gasteiger partial charge >= 0.3 is 0 Å². The van der Waals surface area contributed by atoms with Crippen molar-refractivity contribution < 1.29 is 0 Å². The van der Waals surface area contributed by atoms with Crippen LogP contribution in [0.5, 0.6) is 0 Å². The highest BCUT2D eigenvalue weighted by Gasteiger charge is 2.07. The van der Waals surface area contributed by atoms with E-state index in [9.17, 15) is 0 Å². The Morgan fingerprint density at radius 1 is 1.39 bits per heavy atom. The van der Waals surface area contributed by atoms with E-state index in [2.05, 4.69) is 57.7 Å². The molecular formula is C14H18BrN3. The lowest BCUT2D eigenvalue weighted by molar-refractivity contribution is 0.575. The fourth-order valence-corrected chi connectivity index (χ4v) is 2.60. The summed E-state index contributed by atoms with van der Waals surface area (Å²) >= 11 is 3.58. The SMILES string of the molecule is CC(NCCc1cnn(C)c1)c1ccccc1Br. The van der Waals surface area contributed by atoms with Crippen molar-refractivity contribution in [2.45, 2.75) is 19.4 Å². The van der Waals surface area contributed by atoms with Crippen LogP contribution >= 0.6 is 15.9 Å². The Kier molecular flexibility index (Phi) is 4.55. The first kappa shape index (κ1) is 13.3. The molecule has 1 heterocycles. The molecule has 1 N–H and O–H groups in total. The van der Waals surface area contributed by atoms with Gasteiger partial charge in [0.05, 0.1) is 6.20 Å². The van der Waals surface area contributed by atoms with Crippen LogP contribution in [0, 0.1) is 0 Å². The summed E-state index contributed by atoms with van der Waals surface area (Å²) in [7, 11) is 1.95. The molecular weight excluding hydrogens is 290 g/mol. The van der Waals surface area contributed by atoms with Gasteiger partial charge in [-0.3, -0.25) is 4.68 Å². The molecule has 2 aromatic rings. The van der Waals surface area contributed by atoms with Crippen molar-refractivity contribution in [3.05, 3.63) is 52.3 Å². The first-order valence-electron chi connectivity index (χ1n) is 6.12. The van der Waals surface area contributed by atoms with Gasteiger partial charge in [0.25, 0.3) is 0 Å². The van der Waals surface area contributed by atoms with Crippen LogP contribution in [0.4, 0.5) is 0 Å². The molecule has 1 aromatic carbocycles. The lowest BCUT2D eigenvalue weighted by atomic mass is 10.1. The van der Waals surface area contributed by atoms with Crippen molar-refractivity contribution in [1.29, 1.82) is 0 Å². The number of nitrogens with zero attached hydrogens (tertiary/aromatic N) is 2. The number of aromatic nitrogens is 2. The van der Waals surface area contributed by atoms with E-state index in [1.54, 1.807) is 0 Å². The van der Waals surface area contributed by atoms with Gasteiger partial charge in [0.1, 0.15) is 0 Å². The van der Waals surface area contributed by atoms with Gasteiger partial charge in [-0.25, -0.2) is 0 Å². The second-order valence-electron chi connectivity index (χ2n) is 4.47. The molecule has 0 amide bonds. The zero-order valence-electron chi connectivity index (χ0n) is 10.7. The predicted molar refractivity (Wildman–Crippen MR) is 77.5 cm³/mol. The minimum Gasteiger partial charge on any atom is -0.310 e. The summed E-state index contributed by atoms with van der Waals surface area (Å²) in [5.41, 5.74) is 2.56. The lowest BCUT2D eigenvalue weighted by Gasteiger charge is -2.15. The molecule has 0 aliphatic heterocycles. The molecule has 4 heteroatoms. The maximum absolute atomic E-state index is 4.17. The van der Waals surface area contributed by atoms with Crippen LogP contribution in [0.25, 0.3) is 0 Å². The van der Waals surface area contributed by atoms with E-state index in [1.807, 2.05) is 24.0 Å². The van der Waals surface area contributed by atoms with E-state index in [1.165, 1.54) is 11.1 Å². The van der Waals surface area contributed by atoms with Gasteiger partial charge in [-0.15, -0.1) is 0 Å². The first-order valence-corrected chi connectivity index (χ1v) is 6.91. The molecule has 0 bridgehead atoms. The standard InChI is InChI=1S/C14H18BrN3/c1-11(13-5-3-4-6-14(13)15)16-8-7-12-9-17-18(2)10-12/h3-6,9-11,16H,7-8H2,1-2H3. The predicted octanol–water partition coefficient (Wildman–Crippen LogP) is 3.08. The Labute approximate surface area is 116 Å². The van der Waals surface area contributed by atoms with Gasteiger partial charge in [-0.05, 0) is 37.1 Å². The highest BCUT2D eigenvalue weighted by molar-refractivity contribution is 9.10. The van der Waals surface area contributed by atoms with Gasteiger partial charge in [-0.1, -0.05) is 34.1 Å². The van der Waals surface area contributed by atoms with Crippen molar-refractivity contribution >= 4 is 15.9 Å². The monoisotopic (exact) mass is 307 g/mol. The summed E-state index contributed by atoms with van der Waals surface area (Å²) in [6, 6.07) is 8.67. The van der Waals surface area contributed by atoms with E-state index >= 15 is 0 Å². The highest BCUT2D eigenvalue weighted by atomic mass is 79.9. The third-order valence-electron chi connectivity index (χ3n) is 2.99. The highest BCUT2D eigenvalue weighted by Crippen LogP contribution is 2.22. The van der Waals surface area contributed by atoms with Gasteiger partial charge in [0.15, 0.2) is 0 Å². The molecule has 1 unspecified atom stereocenters. The molecule has 96 valence electrons. The van der Waals surface area contributed by atoms with Gasteiger partial charge in [0, 0.05) is 23.8 Å². The minimum atomic E-state index is 0.345. The normalized spacial score (nSPS) is 12.6. The Morgan fingerprint density at radius 2 is 2.17 bits per heavy atom. The van der Waals surface area contributed by atoms with Gasteiger partial charge in [0.2, 0.25) is 0 Å². The van der Waals surface area contributed by atoms with E-state index in [0.717, 1.165) is 17.4 Å². The molecule has 0 saturated heterocycles. The fourth-order valence-electron chi connectivity index (χ4n) is 1.97. The smallest absolute Gasteiger partial charge is 0.0522 e. The van der Waals surface area contributed by atoms with E-state index in [0.29, 0.717) is 6.04 Å². The summed E-state index contributed by atoms with van der Waals surface area (Å²) in [5.74, 6) is 0. The Balaban J connectivity index is 1.85. The van der Waals surface area contributed by atoms with Crippen LogP contribution in [0.3, 0.4) is 0 Å². The lowest BCUT2D eigenvalue weighted by Crippen LogP contribution is -2.21. The molecule has 0 spiro atoms. The quantitative estimate of drug-likeness (QED) is 0.920. The van der Waals surface area contributed by atoms with Gasteiger partial charge in [-0.2, -0.15) is 5.10 Å². The summed E-state index contributed by atoms with van der Waals surface area (Å²) in [6.45, 7) is 3.14. The third kappa shape index (κ3) is 3.43. The average molecular weight is 308 g/mol. The first-order chi connectivity index (χ1) is 8.66. The number of benzene rings is 1. The molecule has 0 aliphatic rings. The second-order valence-corrected chi connectivity index (χ2v) is 5.32. The van der Waals surface area contributed by atoms with Crippen molar-refractivity contribution in [3.63, 3.8) is 0 Å². The van der Waals surface area contributed by atoms with Crippen LogP contribution in [0.1, 0.15) is 24.1 Å². The topological polar surface area (TPSA) is 29.9 Å². The minimum absolute atomic E-state index is 0.345. The summed E-state index contributed by atoms with van der Waals surface area (Å²) in [6.07, 6.45) is 4.98. The molecule has 18 heavy (non-hydrogen) atoms. The molecule has 0 fully saturated rings. The zero-order chi connectivity index (χ0) is 13.0. The van der Waals surface area contributed by atoms with Crippen LogP contribution in [0.15, 0.2) is 41.1 Å². The van der Waals surface area contributed by atoms with E-state index in [-0.39, 0.29) is 0 Å². The second kappa shape index (κ2) is 6.16. The van der Waals surface area contributed by atoms with E-state index in [4.69, 9.17) is 0 Å². The largest absolute Gasteiger partial charge is 0.310 e. The molecule has 1 aromatic heterocycles. The number of aryl methyl sites for hydroxylation is 1. The number of hydrogen-bond acceptors (Lipinski definition) is 2. The Morgan fingerprint density at radius 3 is 2.83 bits per heavy atom. The number of nitrogens with one attached hydrogen (secondary N) is 1. The molecule has 2 rings (SSSR count). The summed E-state index contributed by atoms with van der Waals surface area (Å²) in [4.78, 5) is 0. The van der Waals surface area contributed by atoms with Crippen molar-refractivity contribution in [2.75, 3.05) is 6.54 Å². The maximum Gasteiger partial charge on any atom is 0.0522 e. The number of rotatable bonds is 5. The molecule has 0 saturated carbocycles. The fraction of sp³-hybridized carbons (Fsp3) is 0.357. The molecule has 0 aliphatic carbocycles. The van der Waals surface area contributed by atoms with Crippen molar-refractivity contribution in [2.24, 2.45) is 7.05 Å². The third-order valence-corrected chi connectivity index (χ3v) is 3.72. The molecule has 0 radical (unpaired) electrons. The zero-order valence-corrected chi connectivity index (χ0v) is 12.3. The van der Waals surface area contributed by atoms with Crippen molar-refractivity contribution in [3.8, 4) is 0 Å². The van der Waals surface area contributed by atoms with Crippen LogP contribution in [0.2, 0.25) is 0 Å². The maximum atomic E-state index is 4.17. The average Bonchev–Trinajstić information content (AvgIpc) is 2.75. The van der Waals surface area contributed by atoms with Crippen LogP contribution in [-0.2, 0) is 13.5 Å². The van der Waals surface area contributed by atoms with Crippen LogP contribution in [-0.4, -0.2) is 16.3 Å². The van der Waals surface area contributed by atoms with Crippen molar-refractivity contribution in [1.82, 2.24) is 15.1 Å². The molecule has 1 atom stereocenters. The summed E-state index contributed by atoms with van der Waals surface area (Å²) in [5, 5.41) is 7.70. The summed E-state index contributed by atoms with van der Waals surface area (Å²) < 4.78 is 3.00. The molecule has 3 nitrogen and oxygen atoms in total. The number of halogens is 1. The van der Waals surface area contributed by atoms with E-state index < -0.39 is 0 Å². The Bertz CT molecular complexity index is 507. The van der Waals surface area contributed by atoms with Crippen LogP contribution < -0.4 is 5.32 Å². The Hall–Kier alpha value is -1.13.